The minimum Gasteiger partial charge on any atom is -0.373 e. The van der Waals surface area contributed by atoms with Gasteiger partial charge in [-0.05, 0) is 72.2 Å². The molecule has 234 valence electrons. The maximum atomic E-state index is 14.1. The molecule has 0 saturated carbocycles. The molecule has 1 aliphatic heterocycles. The molecule has 0 amide bonds. The number of alkyl halides is 3. The van der Waals surface area contributed by atoms with Gasteiger partial charge in [0.15, 0.2) is 0 Å². The monoisotopic (exact) mass is 674 g/mol. The van der Waals surface area contributed by atoms with Crippen LogP contribution < -0.4 is 4.90 Å². The maximum absolute atomic E-state index is 14.1. The van der Waals surface area contributed by atoms with Crippen molar-refractivity contribution in [3.63, 3.8) is 0 Å². The van der Waals surface area contributed by atoms with E-state index in [1.54, 1.807) is 24.3 Å². The van der Waals surface area contributed by atoms with Crippen LogP contribution in [-0.2, 0) is 12.7 Å². The van der Waals surface area contributed by atoms with Crippen molar-refractivity contribution in [1.29, 1.82) is 0 Å². The van der Waals surface area contributed by atoms with Crippen LogP contribution in [0.15, 0.2) is 54.6 Å². The number of benzene rings is 3. The van der Waals surface area contributed by atoms with E-state index in [0.29, 0.717) is 51.8 Å². The van der Waals surface area contributed by atoms with E-state index in [1.807, 2.05) is 36.2 Å². The Hall–Kier alpha value is -1.71. The lowest BCUT2D eigenvalue weighted by molar-refractivity contribution is -0.138. The van der Waals surface area contributed by atoms with Gasteiger partial charge in [-0.25, -0.2) is 0 Å². The van der Waals surface area contributed by atoms with Gasteiger partial charge in [-0.3, -0.25) is 9.80 Å². The fourth-order valence-corrected chi connectivity index (χ4v) is 6.20. The molecule has 1 aliphatic rings. The number of hydrogen-bond donors (Lipinski definition) is 0. The summed E-state index contributed by atoms with van der Waals surface area (Å²) in [7, 11) is 1.93. The van der Waals surface area contributed by atoms with Gasteiger partial charge in [0, 0.05) is 58.5 Å². The summed E-state index contributed by atoms with van der Waals surface area (Å²) in [6, 6.07) is 15.4. The van der Waals surface area contributed by atoms with Gasteiger partial charge in [-0.15, -0.1) is 0 Å². The van der Waals surface area contributed by atoms with Crippen LogP contribution in [-0.4, -0.2) is 74.1 Å². The summed E-state index contributed by atoms with van der Waals surface area (Å²) >= 11 is 25.2. The van der Waals surface area contributed by atoms with E-state index in [4.69, 9.17) is 46.4 Å². The Balaban J connectivity index is 1.53. The topological polar surface area (TPSA) is 13.0 Å². The lowest BCUT2D eigenvalue weighted by Gasteiger charge is -2.40. The van der Waals surface area contributed by atoms with Gasteiger partial charge in [0.1, 0.15) is 0 Å². The number of anilines is 1. The molecule has 43 heavy (non-hydrogen) atoms. The van der Waals surface area contributed by atoms with E-state index in [0.717, 1.165) is 43.0 Å². The second-order valence-electron chi connectivity index (χ2n) is 10.8. The molecular formula is C32H37Cl4F3N4. The average molecular weight is 676 g/mol. The third-order valence-electron chi connectivity index (χ3n) is 8.17. The van der Waals surface area contributed by atoms with Gasteiger partial charge >= 0.3 is 6.18 Å². The molecule has 0 unspecified atom stereocenters. The highest BCUT2D eigenvalue weighted by molar-refractivity contribution is 6.42. The SMILES string of the molecule is CCN(CC)CCN(C)c1ccc(C(F)(F)F)c(CN2CCN(C(c3ccc(Cl)c(Cl)c3)c3ccc(Cl)c(Cl)c3)CC2)c1. The molecule has 0 aromatic heterocycles. The van der Waals surface area contributed by atoms with Crippen LogP contribution in [0.3, 0.4) is 0 Å². The number of nitrogens with zero attached hydrogens (tertiary/aromatic N) is 4. The fraction of sp³-hybridized carbons (Fsp3) is 0.438. The lowest BCUT2D eigenvalue weighted by Crippen LogP contribution is -2.47. The molecule has 3 aromatic carbocycles. The average Bonchev–Trinajstić information content (AvgIpc) is 2.97. The molecule has 0 aliphatic carbocycles. The summed E-state index contributed by atoms with van der Waals surface area (Å²) < 4.78 is 42.2. The first-order chi connectivity index (χ1) is 20.4. The molecule has 4 nitrogen and oxygen atoms in total. The quantitative estimate of drug-likeness (QED) is 0.201. The van der Waals surface area contributed by atoms with Crippen molar-refractivity contribution in [2.24, 2.45) is 0 Å². The molecule has 0 bridgehead atoms. The Bertz CT molecular complexity index is 1320. The molecule has 0 spiro atoms. The summed E-state index contributed by atoms with van der Waals surface area (Å²) in [6.07, 6.45) is -4.43. The minimum absolute atomic E-state index is 0.180. The third kappa shape index (κ3) is 8.72. The van der Waals surface area contributed by atoms with Gasteiger partial charge < -0.3 is 9.80 Å². The molecule has 3 aromatic rings. The van der Waals surface area contributed by atoms with Crippen LogP contribution in [0.1, 0.15) is 42.1 Å². The van der Waals surface area contributed by atoms with E-state index < -0.39 is 11.7 Å². The summed E-state index contributed by atoms with van der Waals surface area (Å²) in [5.74, 6) is 0. The number of halogens is 7. The van der Waals surface area contributed by atoms with Crippen molar-refractivity contribution in [3.05, 3.63) is 96.9 Å². The van der Waals surface area contributed by atoms with Gasteiger partial charge in [-0.2, -0.15) is 13.2 Å². The Kier molecular flexibility index (Phi) is 12.0. The van der Waals surface area contributed by atoms with E-state index >= 15 is 0 Å². The summed E-state index contributed by atoms with van der Waals surface area (Å²) in [4.78, 5) is 8.70. The highest BCUT2D eigenvalue weighted by Crippen LogP contribution is 2.37. The smallest absolute Gasteiger partial charge is 0.373 e. The third-order valence-corrected chi connectivity index (χ3v) is 9.64. The number of hydrogen-bond acceptors (Lipinski definition) is 4. The standard InChI is InChI=1S/C32H37Cl4F3N4/c1-4-41(5-2)13-12-40(3)25-8-9-26(32(37,38)39)24(18-25)21-42-14-16-43(17-15-42)31(22-6-10-27(33)29(35)19-22)23-7-11-28(34)30(36)20-23/h6-11,18-20,31H,4-5,12-17,21H2,1-3H3. The Morgan fingerprint density at radius 3 is 1.79 bits per heavy atom. The zero-order valence-corrected chi connectivity index (χ0v) is 27.6. The van der Waals surface area contributed by atoms with Crippen LogP contribution in [0.5, 0.6) is 0 Å². The van der Waals surface area contributed by atoms with Crippen molar-refractivity contribution in [1.82, 2.24) is 14.7 Å². The molecule has 1 heterocycles. The number of likely N-dealkylation sites (N-methyl/N-ethyl adjacent to an activating group) is 2. The van der Waals surface area contributed by atoms with Gasteiger partial charge in [0.25, 0.3) is 0 Å². The molecule has 0 atom stereocenters. The second-order valence-corrected chi connectivity index (χ2v) is 12.5. The molecule has 0 N–H and O–H groups in total. The Labute approximate surface area is 272 Å². The van der Waals surface area contributed by atoms with Crippen molar-refractivity contribution < 1.29 is 13.2 Å². The highest BCUT2D eigenvalue weighted by Gasteiger charge is 2.35. The normalized spacial score (nSPS) is 15.1. The van der Waals surface area contributed by atoms with E-state index in [2.05, 4.69) is 28.5 Å². The van der Waals surface area contributed by atoms with E-state index in [9.17, 15) is 13.2 Å². The van der Waals surface area contributed by atoms with Crippen LogP contribution in [0.2, 0.25) is 20.1 Å². The first-order valence-electron chi connectivity index (χ1n) is 14.4. The van der Waals surface area contributed by atoms with E-state index in [-0.39, 0.29) is 12.6 Å². The van der Waals surface area contributed by atoms with Gasteiger partial charge in [-0.1, -0.05) is 72.4 Å². The second kappa shape index (κ2) is 15.0. The predicted octanol–water partition coefficient (Wildman–Crippen LogP) is 9.00. The molecule has 11 heteroatoms. The zero-order chi connectivity index (χ0) is 31.3. The molecule has 4 rings (SSSR count). The largest absolute Gasteiger partial charge is 0.416 e. The Morgan fingerprint density at radius 2 is 1.30 bits per heavy atom. The van der Waals surface area contributed by atoms with Crippen LogP contribution >= 0.6 is 46.4 Å². The molecular weight excluding hydrogens is 639 g/mol. The van der Waals surface area contributed by atoms with Crippen LogP contribution in [0.25, 0.3) is 0 Å². The summed E-state index contributed by atoms with van der Waals surface area (Å²) in [5, 5.41) is 1.82. The van der Waals surface area contributed by atoms with Crippen molar-refractivity contribution in [2.75, 3.05) is 64.3 Å². The van der Waals surface area contributed by atoms with E-state index in [1.165, 1.54) is 6.07 Å². The van der Waals surface area contributed by atoms with Crippen molar-refractivity contribution in [2.45, 2.75) is 32.6 Å². The minimum atomic E-state index is -4.43. The van der Waals surface area contributed by atoms with Gasteiger partial charge in [0.2, 0.25) is 0 Å². The zero-order valence-electron chi connectivity index (χ0n) is 24.6. The lowest BCUT2D eigenvalue weighted by atomic mass is 9.96. The first-order valence-corrected chi connectivity index (χ1v) is 15.9. The van der Waals surface area contributed by atoms with Crippen molar-refractivity contribution in [3.8, 4) is 0 Å². The maximum Gasteiger partial charge on any atom is 0.416 e. The fourth-order valence-electron chi connectivity index (χ4n) is 5.58. The number of rotatable bonds is 11. The highest BCUT2D eigenvalue weighted by atomic mass is 35.5. The molecule has 1 saturated heterocycles. The predicted molar refractivity (Wildman–Crippen MR) is 174 cm³/mol. The first kappa shape index (κ1) is 34.2. The molecule has 0 radical (unpaired) electrons. The number of piperazine rings is 1. The Morgan fingerprint density at radius 1 is 0.744 bits per heavy atom. The van der Waals surface area contributed by atoms with Gasteiger partial charge in [0.05, 0.1) is 31.7 Å². The van der Waals surface area contributed by atoms with Crippen LogP contribution in [0.4, 0.5) is 18.9 Å². The molecule has 1 fully saturated rings. The summed E-state index contributed by atoms with van der Waals surface area (Å²) in [6.45, 7) is 10.3. The summed E-state index contributed by atoms with van der Waals surface area (Å²) in [5.41, 5.74) is 2.38. The van der Waals surface area contributed by atoms with Crippen molar-refractivity contribution >= 4 is 52.1 Å². The van der Waals surface area contributed by atoms with Crippen LogP contribution in [0, 0.1) is 0 Å².